The van der Waals surface area contributed by atoms with Gasteiger partial charge in [0.25, 0.3) is 0 Å². The van der Waals surface area contributed by atoms with Crippen molar-refractivity contribution in [3.05, 3.63) is 12.2 Å². The number of rotatable bonds is 6. The maximum Gasteiger partial charge on any atom is 0.164 e. The fourth-order valence-corrected chi connectivity index (χ4v) is 2.63. The third kappa shape index (κ3) is 4.85. The van der Waals surface area contributed by atoms with Gasteiger partial charge in [-0.15, -0.1) is 0 Å². The highest BCUT2D eigenvalue weighted by Gasteiger charge is 2.32. The highest BCUT2D eigenvalue weighted by molar-refractivity contribution is 4.87. The Kier molecular flexibility index (Phi) is 7.00. The van der Waals surface area contributed by atoms with Crippen molar-refractivity contribution in [2.45, 2.75) is 52.1 Å². The number of unbranched alkanes of at least 4 members (excludes halogenated alkanes) is 2. The van der Waals surface area contributed by atoms with E-state index >= 15 is 0 Å². The van der Waals surface area contributed by atoms with Crippen LogP contribution in [0.3, 0.4) is 0 Å². The van der Waals surface area contributed by atoms with Crippen LogP contribution in [0.25, 0.3) is 0 Å². The number of allylic oxidation sites excluding steroid dienone is 1. The van der Waals surface area contributed by atoms with E-state index in [0.717, 1.165) is 19.6 Å². The molecule has 0 atom stereocenters. The lowest BCUT2D eigenvalue weighted by atomic mass is 10.1. The first-order chi connectivity index (χ1) is 9.83. The number of ether oxygens (including phenoxy) is 4. The molecule has 0 aromatic rings. The van der Waals surface area contributed by atoms with E-state index < -0.39 is 0 Å². The molecule has 0 spiro atoms. The molecule has 2 aliphatic rings. The Labute approximate surface area is 122 Å². The molecule has 0 aromatic carbocycles. The largest absolute Gasteiger partial charge is 0.352 e. The van der Waals surface area contributed by atoms with Crippen molar-refractivity contribution in [2.24, 2.45) is 11.8 Å². The van der Waals surface area contributed by atoms with E-state index in [1.54, 1.807) is 0 Å². The van der Waals surface area contributed by atoms with Gasteiger partial charge in [-0.1, -0.05) is 31.9 Å². The van der Waals surface area contributed by atoms with Crippen LogP contribution >= 0.6 is 0 Å². The molecule has 0 amide bonds. The van der Waals surface area contributed by atoms with Crippen molar-refractivity contribution >= 4 is 0 Å². The summed E-state index contributed by atoms with van der Waals surface area (Å²) in [5.41, 5.74) is 0. The summed E-state index contributed by atoms with van der Waals surface area (Å²) in [4.78, 5) is 0. The topological polar surface area (TPSA) is 36.9 Å². The standard InChI is InChI=1S/C16H28O4/c1-3-5-6-8-15-17-11-14(12-18-15)16-19-9-13(7-4-2)10-20-16/h4,7,13-16H,3,5-6,8-12H2,1-2H3/b7-4+. The summed E-state index contributed by atoms with van der Waals surface area (Å²) in [6, 6.07) is 0. The van der Waals surface area contributed by atoms with Gasteiger partial charge in [0.15, 0.2) is 12.6 Å². The van der Waals surface area contributed by atoms with Crippen LogP contribution < -0.4 is 0 Å². The van der Waals surface area contributed by atoms with Gasteiger partial charge in [-0.2, -0.15) is 0 Å². The summed E-state index contributed by atoms with van der Waals surface area (Å²) in [6.45, 7) is 7.04. The minimum Gasteiger partial charge on any atom is -0.352 e. The lowest BCUT2D eigenvalue weighted by Gasteiger charge is -2.37. The fraction of sp³-hybridized carbons (Fsp3) is 0.875. The van der Waals surface area contributed by atoms with Crippen LogP contribution in [0.1, 0.15) is 39.5 Å². The van der Waals surface area contributed by atoms with Gasteiger partial charge in [0.05, 0.1) is 32.3 Å². The fourth-order valence-electron chi connectivity index (χ4n) is 2.63. The van der Waals surface area contributed by atoms with Crippen LogP contribution in [0.2, 0.25) is 0 Å². The van der Waals surface area contributed by atoms with Crippen LogP contribution in [-0.4, -0.2) is 39.0 Å². The Balaban J connectivity index is 1.64. The highest BCUT2D eigenvalue weighted by Crippen LogP contribution is 2.24. The van der Waals surface area contributed by atoms with E-state index in [0.29, 0.717) is 19.1 Å². The molecule has 0 aliphatic carbocycles. The molecular formula is C16H28O4. The molecule has 0 unspecified atom stereocenters. The number of hydrogen-bond donors (Lipinski definition) is 0. The molecule has 0 saturated carbocycles. The average Bonchev–Trinajstić information content (AvgIpc) is 2.49. The molecular weight excluding hydrogens is 256 g/mol. The summed E-state index contributed by atoms with van der Waals surface area (Å²) >= 11 is 0. The second-order valence-corrected chi connectivity index (χ2v) is 5.67. The van der Waals surface area contributed by atoms with Crippen LogP contribution in [0, 0.1) is 11.8 Å². The van der Waals surface area contributed by atoms with E-state index in [-0.39, 0.29) is 18.5 Å². The molecule has 2 saturated heterocycles. The summed E-state index contributed by atoms with van der Waals surface area (Å²) in [5, 5.41) is 0. The molecule has 0 bridgehead atoms. The summed E-state index contributed by atoms with van der Waals surface area (Å²) in [6.07, 6.45) is 8.62. The molecule has 0 radical (unpaired) electrons. The molecule has 4 heteroatoms. The van der Waals surface area contributed by atoms with E-state index in [1.165, 1.54) is 19.3 Å². The predicted octanol–water partition coefficient (Wildman–Crippen LogP) is 3.12. The third-order valence-corrected chi connectivity index (χ3v) is 3.83. The first-order valence-corrected chi connectivity index (χ1v) is 7.92. The van der Waals surface area contributed by atoms with Crippen LogP contribution in [-0.2, 0) is 18.9 Å². The molecule has 2 heterocycles. The van der Waals surface area contributed by atoms with Crippen molar-refractivity contribution in [3.63, 3.8) is 0 Å². The molecule has 0 N–H and O–H groups in total. The van der Waals surface area contributed by atoms with E-state index in [2.05, 4.69) is 13.0 Å². The highest BCUT2D eigenvalue weighted by atomic mass is 16.7. The van der Waals surface area contributed by atoms with Crippen molar-refractivity contribution in [2.75, 3.05) is 26.4 Å². The lowest BCUT2D eigenvalue weighted by molar-refractivity contribution is -0.278. The minimum atomic E-state index is -0.173. The summed E-state index contributed by atoms with van der Waals surface area (Å²) in [5.74, 6) is 0.576. The van der Waals surface area contributed by atoms with Crippen LogP contribution in [0.15, 0.2) is 12.2 Å². The van der Waals surface area contributed by atoms with Gasteiger partial charge in [-0.05, 0) is 19.8 Å². The van der Waals surface area contributed by atoms with Crippen LogP contribution in [0.4, 0.5) is 0 Å². The Morgan fingerprint density at radius 1 is 0.950 bits per heavy atom. The summed E-state index contributed by atoms with van der Waals surface area (Å²) < 4.78 is 23.1. The van der Waals surface area contributed by atoms with Gasteiger partial charge in [0.2, 0.25) is 0 Å². The molecule has 0 aromatic heterocycles. The molecule has 116 valence electrons. The zero-order valence-electron chi connectivity index (χ0n) is 12.8. The van der Waals surface area contributed by atoms with Gasteiger partial charge >= 0.3 is 0 Å². The Hall–Kier alpha value is -0.420. The maximum atomic E-state index is 5.78. The quantitative estimate of drug-likeness (QED) is 0.555. The second kappa shape index (κ2) is 8.78. The third-order valence-electron chi connectivity index (χ3n) is 3.83. The molecule has 20 heavy (non-hydrogen) atoms. The van der Waals surface area contributed by atoms with Gasteiger partial charge in [-0.25, -0.2) is 0 Å². The zero-order valence-corrected chi connectivity index (χ0v) is 12.8. The maximum absolute atomic E-state index is 5.78. The molecule has 2 rings (SSSR count). The smallest absolute Gasteiger partial charge is 0.164 e. The minimum absolute atomic E-state index is 0.0304. The summed E-state index contributed by atoms with van der Waals surface area (Å²) in [7, 11) is 0. The molecule has 2 fully saturated rings. The molecule has 4 nitrogen and oxygen atoms in total. The Bertz CT molecular complexity index is 276. The first-order valence-electron chi connectivity index (χ1n) is 7.92. The zero-order chi connectivity index (χ0) is 14.2. The van der Waals surface area contributed by atoms with Gasteiger partial charge in [-0.3, -0.25) is 0 Å². The van der Waals surface area contributed by atoms with Crippen LogP contribution in [0.5, 0.6) is 0 Å². The Morgan fingerprint density at radius 3 is 2.25 bits per heavy atom. The van der Waals surface area contributed by atoms with Crippen molar-refractivity contribution in [1.29, 1.82) is 0 Å². The number of hydrogen-bond acceptors (Lipinski definition) is 4. The second-order valence-electron chi connectivity index (χ2n) is 5.67. The van der Waals surface area contributed by atoms with Crippen molar-refractivity contribution in [1.82, 2.24) is 0 Å². The van der Waals surface area contributed by atoms with Crippen molar-refractivity contribution < 1.29 is 18.9 Å². The predicted molar refractivity (Wildman–Crippen MR) is 77.3 cm³/mol. The van der Waals surface area contributed by atoms with Gasteiger partial charge in [0, 0.05) is 5.92 Å². The van der Waals surface area contributed by atoms with Crippen molar-refractivity contribution in [3.8, 4) is 0 Å². The normalized spacial score (nSPS) is 35.5. The first kappa shape index (κ1) is 16.0. The average molecular weight is 284 g/mol. The monoisotopic (exact) mass is 284 g/mol. The van der Waals surface area contributed by atoms with Gasteiger partial charge in [0.1, 0.15) is 0 Å². The van der Waals surface area contributed by atoms with E-state index in [9.17, 15) is 0 Å². The SMILES string of the molecule is C/C=C/C1COC(C2COC(CCCCC)OC2)OC1. The van der Waals surface area contributed by atoms with E-state index in [4.69, 9.17) is 18.9 Å². The van der Waals surface area contributed by atoms with Gasteiger partial charge < -0.3 is 18.9 Å². The Morgan fingerprint density at radius 2 is 1.65 bits per heavy atom. The lowest BCUT2D eigenvalue weighted by Crippen LogP contribution is -2.44. The molecule has 2 aliphatic heterocycles. The van der Waals surface area contributed by atoms with E-state index in [1.807, 2.05) is 13.0 Å².